The molecule has 36 heavy (non-hydrogen) atoms. The molecule has 0 aliphatic heterocycles. The van der Waals surface area contributed by atoms with Crippen LogP contribution in [0.25, 0.3) is 0 Å². The molecule has 1 heterocycles. The number of aromatic hydroxyl groups is 1. The first-order chi connectivity index (χ1) is 17.0. The first kappa shape index (κ1) is 26.9. The van der Waals surface area contributed by atoms with Crippen molar-refractivity contribution < 1.29 is 24.2 Å². The van der Waals surface area contributed by atoms with E-state index < -0.39 is 23.8 Å². The number of carbonyl (C=O) groups is 2. The van der Waals surface area contributed by atoms with Gasteiger partial charge in [-0.3, -0.25) is 9.59 Å². The maximum atomic E-state index is 13.1. The predicted octanol–water partition coefficient (Wildman–Crippen LogP) is 6.00. The van der Waals surface area contributed by atoms with Crippen LogP contribution in [0.5, 0.6) is 11.5 Å². The normalized spacial score (nSPS) is 12.8. The quantitative estimate of drug-likeness (QED) is 0.293. The lowest BCUT2D eigenvalue weighted by Gasteiger charge is -2.27. The highest BCUT2D eigenvalue weighted by atomic mass is 16.5. The van der Waals surface area contributed by atoms with Crippen molar-refractivity contribution in [3.63, 3.8) is 0 Å². The summed E-state index contributed by atoms with van der Waals surface area (Å²) in [7, 11) is 1.40. The molecule has 0 radical (unpaired) electrons. The molecule has 0 unspecified atom stereocenters. The summed E-state index contributed by atoms with van der Waals surface area (Å²) < 4.78 is 11.0. The van der Waals surface area contributed by atoms with Crippen molar-refractivity contribution in [1.29, 1.82) is 0 Å². The first-order valence-corrected chi connectivity index (χ1v) is 12.1. The fourth-order valence-electron chi connectivity index (χ4n) is 4.28. The number of ether oxygens (including phenoxy) is 2. The Labute approximate surface area is 213 Å². The van der Waals surface area contributed by atoms with E-state index in [1.807, 2.05) is 6.92 Å². The van der Waals surface area contributed by atoms with Crippen LogP contribution in [0.15, 0.2) is 48.7 Å². The van der Waals surface area contributed by atoms with Crippen LogP contribution in [-0.2, 0) is 9.53 Å². The molecular formula is C30H35NO5. The van der Waals surface area contributed by atoms with E-state index in [0.29, 0.717) is 0 Å². The summed E-state index contributed by atoms with van der Waals surface area (Å²) in [6, 6.07) is 14.1. The molecule has 0 saturated heterocycles. The van der Waals surface area contributed by atoms with E-state index in [1.165, 1.54) is 41.6 Å². The first-order valence-electron chi connectivity index (χ1n) is 12.1. The highest BCUT2D eigenvalue weighted by Crippen LogP contribution is 2.33. The molecule has 2 aromatic carbocycles. The molecule has 6 heteroatoms. The van der Waals surface area contributed by atoms with Crippen molar-refractivity contribution in [2.45, 2.75) is 60.0 Å². The maximum absolute atomic E-state index is 13.1. The van der Waals surface area contributed by atoms with Crippen molar-refractivity contribution in [2.75, 3.05) is 7.11 Å². The Hall–Kier alpha value is -3.67. The third-order valence-corrected chi connectivity index (χ3v) is 6.82. The molecule has 190 valence electrons. The Morgan fingerprint density at radius 2 is 1.44 bits per heavy atom. The highest BCUT2D eigenvalue weighted by Gasteiger charge is 2.29. The van der Waals surface area contributed by atoms with E-state index in [1.54, 1.807) is 6.92 Å². The summed E-state index contributed by atoms with van der Waals surface area (Å²) in [6.45, 7) is 11.8. The highest BCUT2D eigenvalue weighted by molar-refractivity contribution is 5.99. The Morgan fingerprint density at radius 3 is 1.94 bits per heavy atom. The van der Waals surface area contributed by atoms with Gasteiger partial charge in [-0.05, 0) is 68.0 Å². The van der Waals surface area contributed by atoms with Crippen molar-refractivity contribution in [3.05, 3.63) is 87.7 Å². The van der Waals surface area contributed by atoms with Gasteiger partial charge < -0.3 is 14.6 Å². The van der Waals surface area contributed by atoms with E-state index in [2.05, 4.69) is 69.1 Å². The summed E-state index contributed by atoms with van der Waals surface area (Å²) in [5.41, 5.74) is 6.75. The molecule has 0 saturated carbocycles. The zero-order valence-electron chi connectivity index (χ0n) is 22.1. The lowest BCUT2D eigenvalue weighted by molar-refractivity contribution is -0.153. The second kappa shape index (κ2) is 11.4. The van der Waals surface area contributed by atoms with Crippen LogP contribution in [0, 0.1) is 33.6 Å². The third-order valence-electron chi connectivity index (χ3n) is 6.82. The lowest BCUT2D eigenvalue weighted by atomic mass is 9.84. The number of pyridine rings is 1. The summed E-state index contributed by atoms with van der Waals surface area (Å²) in [5, 5.41) is 10.2. The van der Waals surface area contributed by atoms with Gasteiger partial charge in [-0.25, -0.2) is 4.98 Å². The van der Waals surface area contributed by atoms with Crippen LogP contribution in [0.3, 0.4) is 0 Å². The van der Waals surface area contributed by atoms with Crippen LogP contribution in [-0.4, -0.2) is 35.1 Å². The molecule has 2 atom stereocenters. The molecule has 3 aromatic rings. The maximum Gasteiger partial charge on any atom is 0.309 e. The summed E-state index contributed by atoms with van der Waals surface area (Å²) in [4.78, 5) is 29.8. The number of esters is 1. The van der Waals surface area contributed by atoms with Gasteiger partial charge in [-0.1, -0.05) is 43.3 Å². The summed E-state index contributed by atoms with van der Waals surface area (Å²) in [6.07, 6.45) is 0.772. The number of benzene rings is 2. The predicted molar refractivity (Wildman–Crippen MR) is 140 cm³/mol. The van der Waals surface area contributed by atoms with Crippen LogP contribution >= 0.6 is 0 Å². The van der Waals surface area contributed by atoms with E-state index in [0.717, 1.165) is 11.1 Å². The molecule has 1 aromatic heterocycles. The molecular weight excluding hydrogens is 454 g/mol. The molecule has 0 aliphatic rings. The Bertz CT molecular complexity index is 1210. The average molecular weight is 490 g/mol. The SMILES string of the molecule is COc1ccnc(C(=O)C[C@@H](C)C(=O)O[C@@H](C)C(c2ccc(C)c(C)c2)c2ccc(C)c(C)c2)c1O. The largest absolute Gasteiger partial charge is 0.503 e. The molecule has 0 bridgehead atoms. The van der Waals surface area contributed by atoms with Gasteiger partial charge >= 0.3 is 5.97 Å². The fraction of sp³-hybridized carbons (Fsp3) is 0.367. The minimum atomic E-state index is -0.715. The van der Waals surface area contributed by atoms with Crippen molar-refractivity contribution in [2.24, 2.45) is 5.92 Å². The number of aromatic nitrogens is 1. The van der Waals surface area contributed by atoms with Gasteiger partial charge in [0.15, 0.2) is 23.0 Å². The number of ketones is 1. The van der Waals surface area contributed by atoms with Gasteiger partial charge in [0.05, 0.1) is 13.0 Å². The molecule has 0 aliphatic carbocycles. The van der Waals surface area contributed by atoms with Gasteiger partial charge in [0.2, 0.25) is 0 Å². The number of aryl methyl sites for hydroxylation is 4. The number of hydrogen-bond donors (Lipinski definition) is 1. The van der Waals surface area contributed by atoms with Crippen LogP contribution in [0.4, 0.5) is 0 Å². The van der Waals surface area contributed by atoms with Crippen molar-refractivity contribution in [1.82, 2.24) is 4.98 Å². The number of methoxy groups -OCH3 is 1. The zero-order chi connectivity index (χ0) is 26.6. The number of Topliss-reactive ketones (excluding diaryl/α,β-unsaturated/α-hetero) is 1. The molecule has 6 nitrogen and oxygen atoms in total. The smallest absolute Gasteiger partial charge is 0.309 e. The fourth-order valence-corrected chi connectivity index (χ4v) is 4.28. The van der Waals surface area contributed by atoms with Gasteiger partial charge in [0.1, 0.15) is 6.10 Å². The molecule has 0 amide bonds. The van der Waals surface area contributed by atoms with Gasteiger partial charge in [0.25, 0.3) is 0 Å². The Kier molecular flexibility index (Phi) is 8.51. The van der Waals surface area contributed by atoms with Crippen molar-refractivity contribution >= 4 is 11.8 Å². The van der Waals surface area contributed by atoms with E-state index in [-0.39, 0.29) is 29.5 Å². The Morgan fingerprint density at radius 1 is 0.889 bits per heavy atom. The van der Waals surface area contributed by atoms with E-state index >= 15 is 0 Å². The van der Waals surface area contributed by atoms with Crippen molar-refractivity contribution in [3.8, 4) is 11.5 Å². The summed E-state index contributed by atoms with van der Waals surface area (Å²) in [5.74, 6) is -1.99. The number of hydrogen-bond acceptors (Lipinski definition) is 6. The minimum absolute atomic E-state index is 0.120. The van der Waals surface area contributed by atoms with E-state index in [9.17, 15) is 14.7 Å². The van der Waals surface area contributed by atoms with Crippen LogP contribution in [0.1, 0.15) is 70.1 Å². The second-order valence-electron chi connectivity index (χ2n) is 9.55. The van der Waals surface area contributed by atoms with Gasteiger partial charge in [0, 0.05) is 24.6 Å². The minimum Gasteiger partial charge on any atom is -0.503 e. The van der Waals surface area contributed by atoms with Crippen LogP contribution < -0.4 is 4.74 Å². The summed E-state index contributed by atoms with van der Waals surface area (Å²) >= 11 is 0. The third kappa shape index (κ3) is 5.93. The molecule has 0 fully saturated rings. The topological polar surface area (TPSA) is 85.7 Å². The van der Waals surface area contributed by atoms with Crippen LogP contribution in [0.2, 0.25) is 0 Å². The number of nitrogens with zero attached hydrogens (tertiary/aromatic N) is 1. The monoisotopic (exact) mass is 489 g/mol. The zero-order valence-corrected chi connectivity index (χ0v) is 22.1. The molecule has 1 N–H and O–H groups in total. The second-order valence-corrected chi connectivity index (χ2v) is 9.55. The lowest BCUT2D eigenvalue weighted by Crippen LogP contribution is -2.28. The average Bonchev–Trinajstić information content (AvgIpc) is 2.83. The van der Waals surface area contributed by atoms with Gasteiger partial charge in [-0.15, -0.1) is 0 Å². The molecule has 0 spiro atoms. The van der Waals surface area contributed by atoms with Gasteiger partial charge in [-0.2, -0.15) is 0 Å². The molecule has 3 rings (SSSR count). The number of carbonyl (C=O) groups excluding carboxylic acids is 2. The Balaban J connectivity index is 1.82. The van der Waals surface area contributed by atoms with E-state index in [4.69, 9.17) is 9.47 Å². The number of rotatable bonds is 9. The standard InChI is InChI=1S/C30H35NO5/c1-17-8-10-23(14-19(17)3)27(24-11-9-18(2)20(4)15-24)22(6)36-30(34)21(5)16-25(32)28-29(33)26(35-7)12-13-31-28/h8-15,21-22,27,33H,16H2,1-7H3/t21-,22+/m1/s1.